The smallest absolute Gasteiger partial charge is 0.307 e. The van der Waals surface area contributed by atoms with Gasteiger partial charge in [-0.05, 0) is 39.0 Å². The number of hydrogen-bond acceptors (Lipinski definition) is 4. The summed E-state index contributed by atoms with van der Waals surface area (Å²) in [4.78, 5) is 36.1. The number of carbonyl (C=O) groups excluding carboxylic acids is 2. The van der Waals surface area contributed by atoms with Crippen molar-refractivity contribution in [3.63, 3.8) is 0 Å². The second kappa shape index (κ2) is 8.26. The van der Waals surface area contributed by atoms with Gasteiger partial charge < -0.3 is 9.13 Å². The lowest BCUT2D eigenvalue weighted by Crippen LogP contribution is -2.42. The lowest BCUT2D eigenvalue weighted by Gasteiger charge is -2.10. The van der Waals surface area contributed by atoms with Crippen LogP contribution in [0.15, 0.2) is 46.6 Å². The SMILES string of the molecule is Cc1cc(C(=O)NNC(=O)CCn2c(C)csc2=O)c(C)n1-c1ccccc1. The number of para-hydroxylation sites is 1. The Balaban J connectivity index is 1.62. The Morgan fingerprint density at radius 3 is 2.39 bits per heavy atom. The number of aromatic nitrogens is 2. The lowest BCUT2D eigenvalue weighted by molar-refractivity contribution is -0.122. The summed E-state index contributed by atoms with van der Waals surface area (Å²) in [5.41, 5.74) is 8.87. The maximum atomic E-state index is 12.5. The van der Waals surface area contributed by atoms with E-state index in [9.17, 15) is 14.4 Å². The minimum absolute atomic E-state index is 0.0947. The molecule has 0 bridgehead atoms. The van der Waals surface area contributed by atoms with Crippen LogP contribution >= 0.6 is 11.3 Å². The molecule has 0 saturated heterocycles. The van der Waals surface area contributed by atoms with Crippen molar-refractivity contribution in [1.82, 2.24) is 20.0 Å². The highest BCUT2D eigenvalue weighted by Crippen LogP contribution is 2.20. The Kier molecular flexibility index (Phi) is 5.79. The summed E-state index contributed by atoms with van der Waals surface area (Å²) < 4.78 is 3.53. The molecule has 8 heteroatoms. The highest BCUT2D eigenvalue weighted by molar-refractivity contribution is 7.07. The number of hydrogen-bond donors (Lipinski definition) is 2. The highest BCUT2D eigenvalue weighted by Gasteiger charge is 2.17. The fourth-order valence-corrected chi connectivity index (χ4v) is 3.87. The van der Waals surface area contributed by atoms with E-state index in [1.807, 2.05) is 55.7 Å². The molecule has 2 aromatic heterocycles. The van der Waals surface area contributed by atoms with Crippen LogP contribution in [0.2, 0.25) is 0 Å². The Bertz CT molecular complexity index is 1060. The van der Waals surface area contributed by atoms with Gasteiger partial charge >= 0.3 is 4.87 Å². The monoisotopic (exact) mass is 398 g/mol. The van der Waals surface area contributed by atoms with Gasteiger partial charge in [-0.2, -0.15) is 0 Å². The van der Waals surface area contributed by atoms with Crippen molar-refractivity contribution >= 4 is 23.2 Å². The summed E-state index contributed by atoms with van der Waals surface area (Å²) in [6.07, 6.45) is 0.0980. The van der Waals surface area contributed by atoms with E-state index in [2.05, 4.69) is 10.9 Å². The molecule has 0 aliphatic carbocycles. The van der Waals surface area contributed by atoms with E-state index in [4.69, 9.17) is 0 Å². The lowest BCUT2D eigenvalue weighted by atomic mass is 10.2. The number of nitrogens with zero attached hydrogens (tertiary/aromatic N) is 2. The molecule has 7 nitrogen and oxygen atoms in total. The van der Waals surface area contributed by atoms with E-state index in [1.54, 1.807) is 16.0 Å². The predicted molar refractivity (Wildman–Crippen MR) is 109 cm³/mol. The normalized spacial score (nSPS) is 10.7. The van der Waals surface area contributed by atoms with Crippen molar-refractivity contribution in [2.75, 3.05) is 0 Å². The highest BCUT2D eigenvalue weighted by atomic mass is 32.1. The van der Waals surface area contributed by atoms with Gasteiger partial charge in [-0.25, -0.2) is 0 Å². The van der Waals surface area contributed by atoms with Gasteiger partial charge in [0.1, 0.15) is 0 Å². The van der Waals surface area contributed by atoms with Crippen molar-refractivity contribution in [2.45, 2.75) is 33.7 Å². The number of amides is 2. The number of carbonyl (C=O) groups is 2. The van der Waals surface area contributed by atoms with Crippen molar-refractivity contribution in [3.8, 4) is 5.69 Å². The molecule has 28 heavy (non-hydrogen) atoms. The molecular formula is C20H22N4O3S. The van der Waals surface area contributed by atoms with Gasteiger partial charge in [0, 0.05) is 41.1 Å². The number of benzene rings is 1. The molecule has 2 heterocycles. The molecule has 0 aliphatic rings. The average Bonchev–Trinajstić information content (AvgIpc) is 3.16. The fourth-order valence-electron chi connectivity index (χ4n) is 3.11. The molecule has 0 aliphatic heterocycles. The molecule has 2 N–H and O–H groups in total. The second-order valence-electron chi connectivity index (χ2n) is 6.50. The van der Waals surface area contributed by atoms with Crippen molar-refractivity contribution in [3.05, 3.63) is 74.1 Å². The number of nitrogens with one attached hydrogen (secondary N) is 2. The van der Waals surface area contributed by atoms with Gasteiger partial charge in [-0.3, -0.25) is 25.2 Å². The molecule has 1 aromatic carbocycles. The Morgan fingerprint density at radius 2 is 1.75 bits per heavy atom. The Labute approximate surface area is 166 Å². The zero-order valence-electron chi connectivity index (χ0n) is 16.0. The molecule has 0 saturated carbocycles. The Hall–Kier alpha value is -3.13. The number of aryl methyl sites for hydroxylation is 2. The summed E-state index contributed by atoms with van der Waals surface area (Å²) in [7, 11) is 0. The van der Waals surface area contributed by atoms with E-state index in [0.29, 0.717) is 5.56 Å². The minimum atomic E-state index is -0.382. The van der Waals surface area contributed by atoms with Crippen LogP contribution in [-0.4, -0.2) is 20.9 Å². The molecule has 0 fully saturated rings. The van der Waals surface area contributed by atoms with Crippen LogP contribution in [0.1, 0.15) is 33.9 Å². The van der Waals surface area contributed by atoms with Crippen LogP contribution in [0, 0.1) is 20.8 Å². The van der Waals surface area contributed by atoms with Crippen LogP contribution in [0.5, 0.6) is 0 Å². The molecule has 0 spiro atoms. The van der Waals surface area contributed by atoms with Gasteiger partial charge in [0.15, 0.2) is 0 Å². The summed E-state index contributed by atoms with van der Waals surface area (Å²) in [6, 6.07) is 11.5. The molecule has 0 atom stereocenters. The van der Waals surface area contributed by atoms with Crippen LogP contribution in [0.3, 0.4) is 0 Å². The molecule has 0 radical (unpaired) electrons. The third kappa shape index (κ3) is 4.07. The molecule has 2 amide bonds. The minimum Gasteiger partial charge on any atom is -0.318 e. The van der Waals surface area contributed by atoms with Crippen LogP contribution in [0.4, 0.5) is 0 Å². The molecule has 3 aromatic rings. The summed E-state index contributed by atoms with van der Waals surface area (Å²) >= 11 is 1.11. The van der Waals surface area contributed by atoms with E-state index in [1.165, 1.54) is 0 Å². The van der Waals surface area contributed by atoms with E-state index in [-0.39, 0.29) is 29.7 Å². The molecule has 0 unspecified atom stereocenters. The van der Waals surface area contributed by atoms with Crippen LogP contribution < -0.4 is 15.7 Å². The zero-order chi connectivity index (χ0) is 20.3. The number of thiazole rings is 1. The van der Waals surface area contributed by atoms with Gasteiger partial charge in [0.25, 0.3) is 5.91 Å². The quantitative estimate of drug-likeness (QED) is 0.648. The first-order valence-corrected chi connectivity index (χ1v) is 9.75. The zero-order valence-corrected chi connectivity index (χ0v) is 16.8. The van der Waals surface area contributed by atoms with Gasteiger partial charge in [-0.15, -0.1) is 0 Å². The summed E-state index contributed by atoms with van der Waals surface area (Å²) in [5, 5.41) is 1.75. The molecule has 3 rings (SSSR count). The van der Waals surface area contributed by atoms with Gasteiger partial charge in [-0.1, -0.05) is 29.5 Å². The van der Waals surface area contributed by atoms with Crippen molar-refractivity contribution in [1.29, 1.82) is 0 Å². The largest absolute Gasteiger partial charge is 0.318 e. The van der Waals surface area contributed by atoms with Gasteiger partial charge in [0.2, 0.25) is 5.91 Å². The van der Waals surface area contributed by atoms with E-state index in [0.717, 1.165) is 34.1 Å². The first-order chi connectivity index (χ1) is 13.4. The Morgan fingerprint density at radius 1 is 1.04 bits per heavy atom. The van der Waals surface area contributed by atoms with Crippen LogP contribution in [0.25, 0.3) is 5.69 Å². The van der Waals surface area contributed by atoms with Gasteiger partial charge in [0.05, 0.1) is 5.56 Å². The summed E-state index contributed by atoms with van der Waals surface area (Å²) in [5.74, 6) is -0.741. The third-order valence-electron chi connectivity index (χ3n) is 4.54. The van der Waals surface area contributed by atoms with E-state index >= 15 is 0 Å². The number of rotatable bonds is 5. The maximum absolute atomic E-state index is 12.5. The maximum Gasteiger partial charge on any atom is 0.307 e. The first-order valence-electron chi connectivity index (χ1n) is 8.87. The standard InChI is InChI=1S/C20H22N4O3S/c1-13-11-17(15(3)24(13)16-7-5-4-6-8-16)19(26)22-21-18(25)9-10-23-14(2)12-28-20(23)27/h4-8,11-12H,9-10H2,1-3H3,(H,21,25)(H,22,26). The third-order valence-corrected chi connectivity index (χ3v) is 5.43. The number of hydrazine groups is 1. The predicted octanol–water partition coefficient (Wildman–Crippen LogP) is 2.48. The first kappa shape index (κ1) is 19.6. The topological polar surface area (TPSA) is 85.1 Å². The second-order valence-corrected chi connectivity index (χ2v) is 7.32. The van der Waals surface area contributed by atoms with E-state index < -0.39 is 0 Å². The van der Waals surface area contributed by atoms with Crippen LogP contribution in [-0.2, 0) is 11.3 Å². The molecular weight excluding hydrogens is 376 g/mol. The van der Waals surface area contributed by atoms with Crippen molar-refractivity contribution < 1.29 is 9.59 Å². The molecule has 146 valence electrons. The van der Waals surface area contributed by atoms with Crippen molar-refractivity contribution in [2.24, 2.45) is 0 Å². The summed E-state index contributed by atoms with van der Waals surface area (Å²) in [6.45, 7) is 5.89. The fraction of sp³-hybridized carbons (Fsp3) is 0.250. The average molecular weight is 398 g/mol.